The minimum absolute atomic E-state index is 0.748. The predicted octanol–water partition coefficient (Wildman–Crippen LogP) is 3.77. The summed E-state index contributed by atoms with van der Waals surface area (Å²) in [6, 6.07) is 19.2. The van der Waals surface area contributed by atoms with E-state index in [1.807, 2.05) is 0 Å². The molecule has 3 aromatic rings. The van der Waals surface area contributed by atoms with Gasteiger partial charge in [-0.15, -0.1) is 21.5 Å². The monoisotopic (exact) mass is 362 g/mol. The van der Waals surface area contributed by atoms with Crippen LogP contribution in [0.3, 0.4) is 0 Å². The van der Waals surface area contributed by atoms with Crippen molar-refractivity contribution < 1.29 is 0 Å². The molecule has 0 N–H and O–H groups in total. The normalized spacial score (nSPS) is 22.7. The second-order valence-electron chi connectivity index (χ2n) is 7.36. The van der Waals surface area contributed by atoms with E-state index in [1.165, 1.54) is 23.5 Å². The van der Waals surface area contributed by atoms with Gasteiger partial charge < -0.3 is 4.90 Å². The molecular formula is C21H22N4S. The number of benzene rings is 1. The van der Waals surface area contributed by atoms with E-state index in [0.717, 1.165) is 43.0 Å². The minimum atomic E-state index is 0.748. The largest absolute Gasteiger partial charge is 0.354 e. The van der Waals surface area contributed by atoms with Crippen molar-refractivity contribution in [2.45, 2.75) is 6.54 Å². The van der Waals surface area contributed by atoms with Crippen molar-refractivity contribution in [2.75, 3.05) is 31.1 Å². The summed E-state index contributed by atoms with van der Waals surface area (Å²) in [5.74, 6) is 2.52. The maximum atomic E-state index is 4.50. The van der Waals surface area contributed by atoms with Crippen molar-refractivity contribution in [1.82, 2.24) is 15.1 Å². The topological polar surface area (TPSA) is 32.3 Å². The first-order chi connectivity index (χ1) is 12.8. The van der Waals surface area contributed by atoms with E-state index in [0.29, 0.717) is 0 Å². The summed E-state index contributed by atoms with van der Waals surface area (Å²) in [6.45, 7) is 5.66. The van der Waals surface area contributed by atoms with E-state index in [9.17, 15) is 0 Å². The number of aromatic nitrogens is 2. The van der Waals surface area contributed by atoms with E-state index < -0.39 is 0 Å². The van der Waals surface area contributed by atoms with Crippen molar-refractivity contribution in [2.24, 2.45) is 11.8 Å². The van der Waals surface area contributed by atoms with Gasteiger partial charge >= 0.3 is 0 Å². The van der Waals surface area contributed by atoms with Crippen LogP contribution in [0, 0.1) is 11.8 Å². The van der Waals surface area contributed by atoms with Crippen LogP contribution in [-0.4, -0.2) is 41.3 Å². The number of hydrogen-bond acceptors (Lipinski definition) is 5. The van der Waals surface area contributed by atoms with Gasteiger partial charge in [0.25, 0.3) is 0 Å². The molecule has 132 valence electrons. The molecule has 2 aromatic heterocycles. The first-order valence-corrected chi connectivity index (χ1v) is 10.1. The summed E-state index contributed by atoms with van der Waals surface area (Å²) in [7, 11) is 0. The van der Waals surface area contributed by atoms with Gasteiger partial charge in [0.05, 0.1) is 4.88 Å². The van der Waals surface area contributed by atoms with Crippen LogP contribution in [0.5, 0.6) is 0 Å². The third-order valence-corrected chi connectivity index (χ3v) is 6.45. The molecule has 4 heterocycles. The van der Waals surface area contributed by atoms with Gasteiger partial charge in [-0.1, -0.05) is 36.4 Å². The summed E-state index contributed by atoms with van der Waals surface area (Å²) in [4.78, 5) is 6.20. The minimum Gasteiger partial charge on any atom is -0.354 e. The van der Waals surface area contributed by atoms with Gasteiger partial charge in [0.2, 0.25) is 0 Å². The highest BCUT2D eigenvalue weighted by Gasteiger charge is 2.40. The van der Waals surface area contributed by atoms with E-state index in [4.69, 9.17) is 0 Å². The van der Waals surface area contributed by atoms with Crippen LogP contribution in [-0.2, 0) is 6.54 Å². The van der Waals surface area contributed by atoms with Crippen molar-refractivity contribution in [3.63, 3.8) is 0 Å². The van der Waals surface area contributed by atoms with E-state index in [1.54, 1.807) is 11.3 Å². The zero-order valence-corrected chi connectivity index (χ0v) is 15.5. The number of nitrogens with zero attached hydrogens (tertiary/aromatic N) is 4. The van der Waals surface area contributed by atoms with Gasteiger partial charge in [0.15, 0.2) is 5.82 Å². The standard InChI is InChI=1S/C21H22N4S/c1-2-5-16(6-3-1)11-24-12-17-14-25(15-18(17)13-24)21-9-8-19(22-23-21)20-7-4-10-26-20/h1-10,17-18H,11-15H2/t17-,18+. The molecule has 0 amide bonds. The lowest BCUT2D eigenvalue weighted by Gasteiger charge is -2.22. The van der Waals surface area contributed by atoms with Crippen LogP contribution in [0.15, 0.2) is 60.0 Å². The van der Waals surface area contributed by atoms with Crippen LogP contribution >= 0.6 is 11.3 Å². The molecule has 5 heteroatoms. The molecule has 0 aliphatic carbocycles. The van der Waals surface area contributed by atoms with E-state index >= 15 is 0 Å². The molecule has 2 saturated heterocycles. The van der Waals surface area contributed by atoms with Gasteiger partial charge in [-0.25, -0.2) is 0 Å². The average Bonchev–Trinajstić information content (AvgIpc) is 3.39. The number of thiophene rings is 1. The van der Waals surface area contributed by atoms with Gasteiger partial charge in [-0.05, 0) is 41.0 Å². The molecule has 2 atom stereocenters. The molecule has 26 heavy (non-hydrogen) atoms. The van der Waals surface area contributed by atoms with Crippen LogP contribution in [0.2, 0.25) is 0 Å². The fourth-order valence-corrected chi connectivity index (χ4v) is 4.99. The van der Waals surface area contributed by atoms with Gasteiger partial charge in [0.1, 0.15) is 5.69 Å². The quantitative estimate of drug-likeness (QED) is 0.707. The Morgan fingerprint density at radius 3 is 2.31 bits per heavy atom. The Morgan fingerprint density at radius 1 is 0.846 bits per heavy atom. The van der Waals surface area contributed by atoms with Crippen LogP contribution in [0.4, 0.5) is 5.82 Å². The molecule has 0 saturated carbocycles. The Hall–Kier alpha value is -2.24. The molecule has 0 unspecified atom stereocenters. The molecular weight excluding hydrogens is 340 g/mol. The Kier molecular flexibility index (Phi) is 4.19. The zero-order valence-electron chi connectivity index (χ0n) is 14.7. The fraction of sp³-hybridized carbons (Fsp3) is 0.333. The Balaban J connectivity index is 1.21. The number of hydrogen-bond donors (Lipinski definition) is 0. The lowest BCUT2D eigenvalue weighted by atomic mass is 10.0. The summed E-state index contributed by atoms with van der Waals surface area (Å²) in [5.41, 5.74) is 2.39. The molecule has 4 nitrogen and oxygen atoms in total. The number of anilines is 1. The van der Waals surface area contributed by atoms with Crippen molar-refractivity contribution in [3.05, 3.63) is 65.5 Å². The van der Waals surface area contributed by atoms with E-state index in [2.05, 4.69) is 80.0 Å². The van der Waals surface area contributed by atoms with Crippen molar-refractivity contribution in [1.29, 1.82) is 0 Å². The lowest BCUT2D eigenvalue weighted by Crippen LogP contribution is -2.29. The Bertz CT molecular complexity index is 833. The number of fused-ring (bicyclic) bond motifs is 1. The lowest BCUT2D eigenvalue weighted by molar-refractivity contribution is 0.309. The highest BCUT2D eigenvalue weighted by Crippen LogP contribution is 2.34. The second kappa shape index (κ2) is 6.82. The first-order valence-electron chi connectivity index (χ1n) is 9.24. The molecule has 2 aliphatic heterocycles. The predicted molar refractivity (Wildman–Crippen MR) is 106 cm³/mol. The molecule has 2 aliphatic rings. The number of likely N-dealkylation sites (tertiary alicyclic amines) is 1. The van der Waals surface area contributed by atoms with Crippen molar-refractivity contribution in [3.8, 4) is 10.6 Å². The summed E-state index contributed by atoms with van der Waals surface area (Å²) in [6.07, 6.45) is 0. The molecule has 0 bridgehead atoms. The smallest absolute Gasteiger partial charge is 0.151 e. The molecule has 5 rings (SSSR count). The highest BCUT2D eigenvalue weighted by molar-refractivity contribution is 7.13. The van der Waals surface area contributed by atoms with E-state index in [-0.39, 0.29) is 0 Å². The SMILES string of the molecule is c1ccc(CN2C[C@@H]3CN(c4ccc(-c5cccs5)nn4)C[C@@H]3C2)cc1. The van der Waals surface area contributed by atoms with Gasteiger partial charge in [-0.3, -0.25) is 4.90 Å². The third-order valence-electron chi connectivity index (χ3n) is 5.56. The van der Waals surface area contributed by atoms with Crippen LogP contribution < -0.4 is 4.90 Å². The fourth-order valence-electron chi connectivity index (χ4n) is 4.30. The van der Waals surface area contributed by atoms with Crippen LogP contribution in [0.25, 0.3) is 10.6 Å². The Labute approximate surface area is 158 Å². The second-order valence-corrected chi connectivity index (χ2v) is 8.31. The molecule has 0 radical (unpaired) electrons. The average molecular weight is 363 g/mol. The highest BCUT2D eigenvalue weighted by atomic mass is 32.1. The molecule has 0 spiro atoms. The van der Waals surface area contributed by atoms with Crippen molar-refractivity contribution >= 4 is 17.2 Å². The summed E-state index contributed by atoms with van der Waals surface area (Å²) < 4.78 is 0. The third kappa shape index (κ3) is 3.13. The summed E-state index contributed by atoms with van der Waals surface area (Å²) >= 11 is 1.71. The zero-order chi connectivity index (χ0) is 17.3. The summed E-state index contributed by atoms with van der Waals surface area (Å²) in [5, 5.41) is 11.0. The Morgan fingerprint density at radius 2 is 1.65 bits per heavy atom. The first kappa shape index (κ1) is 16.0. The van der Waals surface area contributed by atoms with Gasteiger partial charge in [-0.2, -0.15) is 0 Å². The maximum Gasteiger partial charge on any atom is 0.151 e. The van der Waals surface area contributed by atoms with Gasteiger partial charge in [0, 0.05) is 32.7 Å². The van der Waals surface area contributed by atoms with Crippen LogP contribution in [0.1, 0.15) is 5.56 Å². The molecule has 2 fully saturated rings. The maximum absolute atomic E-state index is 4.50. The number of rotatable bonds is 4. The molecule has 1 aromatic carbocycles.